The third kappa shape index (κ3) is 5.76. The van der Waals surface area contributed by atoms with Crippen molar-refractivity contribution in [3.63, 3.8) is 0 Å². The molecule has 0 radical (unpaired) electrons. The second-order valence-electron chi connectivity index (χ2n) is 14.0. The zero-order valence-corrected chi connectivity index (χ0v) is 30.5. The van der Waals surface area contributed by atoms with Crippen LogP contribution in [0.15, 0.2) is 212 Å². The summed E-state index contributed by atoms with van der Waals surface area (Å²) in [4.78, 5) is 15.2. The van der Waals surface area contributed by atoms with Crippen molar-refractivity contribution >= 4 is 0 Å². The highest BCUT2D eigenvalue weighted by Gasteiger charge is 2.45. The molecule has 2 heterocycles. The average molecular weight is 718 g/mol. The first-order valence-corrected chi connectivity index (χ1v) is 18.9. The summed E-state index contributed by atoms with van der Waals surface area (Å²) in [7, 11) is 0. The summed E-state index contributed by atoms with van der Waals surface area (Å²) in [6.45, 7) is 0. The first kappa shape index (κ1) is 33.2. The van der Waals surface area contributed by atoms with Gasteiger partial charge < -0.3 is 4.74 Å². The summed E-state index contributed by atoms with van der Waals surface area (Å²) in [6.07, 6.45) is 0. The number of fused-ring (bicyclic) bond motifs is 2. The summed E-state index contributed by atoms with van der Waals surface area (Å²) in [5.41, 5.74) is 11.1. The molecule has 264 valence electrons. The molecule has 1 aliphatic rings. The molecule has 1 aromatic heterocycles. The van der Waals surface area contributed by atoms with E-state index in [1.807, 2.05) is 48.5 Å². The van der Waals surface area contributed by atoms with Crippen molar-refractivity contribution in [2.75, 3.05) is 0 Å². The fraction of sp³-hybridized carbons (Fsp3) is 0.0192. The van der Waals surface area contributed by atoms with Crippen LogP contribution in [0.4, 0.5) is 0 Å². The Bertz CT molecular complexity index is 2770. The molecule has 0 unspecified atom stereocenters. The normalized spacial score (nSPS) is 12.6. The predicted octanol–water partition coefficient (Wildman–Crippen LogP) is 12.7. The third-order valence-electron chi connectivity index (χ3n) is 10.7. The second kappa shape index (κ2) is 14.1. The summed E-state index contributed by atoms with van der Waals surface area (Å²) >= 11 is 0. The molecule has 0 saturated heterocycles. The number of nitrogens with zero attached hydrogens (tertiary/aromatic N) is 3. The highest BCUT2D eigenvalue weighted by molar-refractivity contribution is 5.82. The van der Waals surface area contributed by atoms with Crippen molar-refractivity contribution in [3.05, 3.63) is 235 Å². The molecule has 0 aliphatic carbocycles. The number of aromatic nitrogens is 3. The van der Waals surface area contributed by atoms with E-state index in [1.54, 1.807) is 0 Å². The van der Waals surface area contributed by atoms with Crippen LogP contribution in [0, 0.1) is 0 Å². The smallest absolute Gasteiger partial charge is 0.164 e. The lowest BCUT2D eigenvalue weighted by Gasteiger charge is -2.41. The fourth-order valence-corrected chi connectivity index (χ4v) is 8.09. The van der Waals surface area contributed by atoms with Crippen LogP contribution >= 0.6 is 0 Å². The number of rotatable bonds is 7. The van der Waals surface area contributed by atoms with Crippen molar-refractivity contribution in [2.24, 2.45) is 0 Å². The van der Waals surface area contributed by atoms with Gasteiger partial charge in [0.1, 0.15) is 11.5 Å². The molecule has 10 rings (SSSR count). The zero-order valence-electron chi connectivity index (χ0n) is 30.5. The van der Waals surface area contributed by atoms with Crippen molar-refractivity contribution < 1.29 is 4.74 Å². The van der Waals surface area contributed by atoms with E-state index in [1.165, 1.54) is 11.1 Å². The Hall–Kier alpha value is -7.43. The fourth-order valence-electron chi connectivity index (χ4n) is 8.09. The van der Waals surface area contributed by atoms with Crippen LogP contribution in [-0.4, -0.2) is 15.0 Å². The van der Waals surface area contributed by atoms with Gasteiger partial charge in [0.05, 0.1) is 5.41 Å². The number of benzene rings is 8. The lowest BCUT2D eigenvalue weighted by molar-refractivity contribution is 0.434. The van der Waals surface area contributed by atoms with Gasteiger partial charge in [-0.25, -0.2) is 15.0 Å². The van der Waals surface area contributed by atoms with Gasteiger partial charge in [-0.2, -0.15) is 0 Å². The van der Waals surface area contributed by atoms with Gasteiger partial charge in [0, 0.05) is 27.8 Å². The minimum absolute atomic E-state index is 0.589. The summed E-state index contributed by atoms with van der Waals surface area (Å²) < 4.78 is 6.65. The number of para-hydroxylation sites is 1. The van der Waals surface area contributed by atoms with Gasteiger partial charge in [0.15, 0.2) is 17.5 Å². The van der Waals surface area contributed by atoms with Gasteiger partial charge in [-0.15, -0.1) is 0 Å². The van der Waals surface area contributed by atoms with E-state index < -0.39 is 5.41 Å². The number of ether oxygens (including phenoxy) is 1. The Morgan fingerprint density at radius 2 is 0.750 bits per heavy atom. The maximum atomic E-state index is 6.65. The predicted molar refractivity (Wildman–Crippen MR) is 225 cm³/mol. The van der Waals surface area contributed by atoms with Gasteiger partial charge in [-0.1, -0.05) is 194 Å². The standard InChI is InChI=1S/C52H35N3O/c1-5-17-37(18-6-1)43-25-13-14-26-44(43)51-54-49(38-19-7-2-8-20-38)53-50(55-51)39-31-29-36(30-32-39)40-33-34-48-46(35-40)52(41-21-9-3-10-22-41,42-23-11-4-12-24-42)45-27-15-16-28-47(45)56-48/h1-35H. The Morgan fingerprint density at radius 3 is 1.39 bits per heavy atom. The highest BCUT2D eigenvalue weighted by Crippen LogP contribution is 2.55. The molecule has 0 bridgehead atoms. The molecule has 0 saturated carbocycles. The molecular formula is C52H35N3O. The van der Waals surface area contributed by atoms with E-state index in [4.69, 9.17) is 19.7 Å². The van der Waals surface area contributed by atoms with E-state index >= 15 is 0 Å². The zero-order chi connectivity index (χ0) is 37.3. The number of hydrogen-bond acceptors (Lipinski definition) is 4. The molecule has 0 spiro atoms. The van der Waals surface area contributed by atoms with Gasteiger partial charge in [-0.05, 0) is 51.6 Å². The van der Waals surface area contributed by atoms with E-state index in [0.29, 0.717) is 17.5 Å². The quantitative estimate of drug-likeness (QED) is 0.165. The third-order valence-corrected chi connectivity index (χ3v) is 10.7. The molecular weight excluding hydrogens is 683 g/mol. The van der Waals surface area contributed by atoms with E-state index in [0.717, 1.165) is 61.6 Å². The Labute approximate surface area is 326 Å². The average Bonchev–Trinajstić information content (AvgIpc) is 3.29. The van der Waals surface area contributed by atoms with E-state index in [-0.39, 0.29) is 0 Å². The molecule has 1 aliphatic heterocycles. The molecule has 0 fully saturated rings. The summed E-state index contributed by atoms with van der Waals surface area (Å²) in [5, 5.41) is 0. The maximum Gasteiger partial charge on any atom is 0.164 e. The highest BCUT2D eigenvalue weighted by atomic mass is 16.5. The number of hydrogen-bond donors (Lipinski definition) is 0. The molecule has 56 heavy (non-hydrogen) atoms. The van der Waals surface area contributed by atoms with Crippen molar-refractivity contribution in [2.45, 2.75) is 5.41 Å². The van der Waals surface area contributed by atoms with Gasteiger partial charge in [-0.3, -0.25) is 0 Å². The Morgan fingerprint density at radius 1 is 0.304 bits per heavy atom. The molecule has 4 heteroatoms. The SMILES string of the molecule is c1ccc(-c2nc(-c3ccc(-c4ccc5c(c4)C(c4ccccc4)(c4ccccc4)c4ccccc4O5)cc3)nc(-c3ccccc3-c3ccccc3)n2)cc1. The first-order chi connectivity index (χ1) is 27.8. The Balaban J connectivity index is 1.10. The maximum absolute atomic E-state index is 6.65. The minimum atomic E-state index is -0.589. The lowest BCUT2D eigenvalue weighted by Crippen LogP contribution is -2.34. The van der Waals surface area contributed by atoms with Crippen LogP contribution in [0.3, 0.4) is 0 Å². The van der Waals surface area contributed by atoms with Crippen LogP contribution in [0.2, 0.25) is 0 Å². The minimum Gasteiger partial charge on any atom is -0.457 e. The first-order valence-electron chi connectivity index (χ1n) is 18.9. The molecule has 4 nitrogen and oxygen atoms in total. The van der Waals surface area contributed by atoms with Crippen LogP contribution in [0.25, 0.3) is 56.4 Å². The van der Waals surface area contributed by atoms with Gasteiger partial charge in [0.2, 0.25) is 0 Å². The van der Waals surface area contributed by atoms with E-state index in [9.17, 15) is 0 Å². The second-order valence-corrected chi connectivity index (χ2v) is 14.0. The molecule has 9 aromatic rings. The van der Waals surface area contributed by atoms with Crippen LogP contribution in [0.5, 0.6) is 11.5 Å². The van der Waals surface area contributed by atoms with E-state index in [2.05, 4.69) is 164 Å². The Kier molecular flexibility index (Phi) is 8.34. The van der Waals surface area contributed by atoms with Crippen molar-refractivity contribution in [3.8, 4) is 67.9 Å². The molecule has 8 aromatic carbocycles. The monoisotopic (exact) mass is 717 g/mol. The van der Waals surface area contributed by atoms with Gasteiger partial charge >= 0.3 is 0 Å². The van der Waals surface area contributed by atoms with Gasteiger partial charge in [0.25, 0.3) is 0 Å². The van der Waals surface area contributed by atoms with Crippen LogP contribution in [-0.2, 0) is 5.41 Å². The van der Waals surface area contributed by atoms with Crippen LogP contribution < -0.4 is 4.74 Å². The van der Waals surface area contributed by atoms with Crippen molar-refractivity contribution in [1.82, 2.24) is 15.0 Å². The lowest BCUT2D eigenvalue weighted by atomic mass is 9.63. The summed E-state index contributed by atoms with van der Waals surface area (Å²) in [5.74, 6) is 3.59. The largest absolute Gasteiger partial charge is 0.457 e. The van der Waals surface area contributed by atoms with Crippen LogP contribution in [0.1, 0.15) is 22.3 Å². The molecule has 0 N–H and O–H groups in total. The topological polar surface area (TPSA) is 47.9 Å². The summed E-state index contributed by atoms with van der Waals surface area (Å²) in [6, 6.07) is 73.9. The van der Waals surface area contributed by atoms with Crippen molar-refractivity contribution in [1.29, 1.82) is 0 Å². The molecule has 0 amide bonds. The molecule has 0 atom stereocenters.